The number of nitrogens with zero attached hydrogens (tertiary/aromatic N) is 2. The Balaban J connectivity index is 1.94. The van der Waals surface area contributed by atoms with Crippen molar-refractivity contribution in [3.8, 4) is 11.3 Å². The van der Waals surface area contributed by atoms with Crippen LogP contribution in [0.2, 0.25) is 5.02 Å². The van der Waals surface area contributed by atoms with Crippen LogP contribution in [-0.2, 0) is 17.7 Å². The minimum Gasteiger partial charge on any atom is -0.453 e. The first-order chi connectivity index (χ1) is 9.69. The zero-order chi connectivity index (χ0) is 14.1. The van der Waals surface area contributed by atoms with Crippen molar-refractivity contribution in [2.75, 3.05) is 13.7 Å². The Morgan fingerprint density at radius 3 is 2.85 bits per heavy atom. The lowest BCUT2D eigenvalue weighted by atomic mass is 10.0. The summed E-state index contributed by atoms with van der Waals surface area (Å²) in [4.78, 5) is 13.3. The van der Waals surface area contributed by atoms with Crippen molar-refractivity contribution < 1.29 is 9.53 Å². The number of halogens is 1. The number of carbonyl (C=O) groups excluding carboxylic acids is 1. The van der Waals surface area contributed by atoms with Crippen LogP contribution in [0, 0.1) is 0 Å². The van der Waals surface area contributed by atoms with E-state index in [4.69, 9.17) is 16.3 Å². The molecule has 3 rings (SSSR count). The molecule has 0 radical (unpaired) electrons. The van der Waals surface area contributed by atoms with E-state index in [0.717, 1.165) is 28.9 Å². The Morgan fingerprint density at radius 1 is 1.40 bits per heavy atom. The zero-order valence-electron chi connectivity index (χ0n) is 11.0. The third-order valence-corrected chi connectivity index (χ3v) is 3.74. The molecule has 0 spiro atoms. The van der Waals surface area contributed by atoms with Crippen LogP contribution in [0.25, 0.3) is 11.3 Å². The van der Waals surface area contributed by atoms with E-state index in [1.165, 1.54) is 7.11 Å². The molecule has 0 bridgehead atoms. The highest BCUT2D eigenvalue weighted by Crippen LogP contribution is 2.29. The lowest BCUT2D eigenvalue weighted by Crippen LogP contribution is -2.35. The van der Waals surface area contributed by atoms with Gasteiger partial charge in [0, 0.05) is 34.8 Å². The van der Waals surface area contributed by atoms with E-state index in [2.05, 4.69) is 10.2 Å². The number of aromatic amines is 1. The van der Waals surface area contributed by atoms with Gasteiger partial charge in [-0.1, -0.05) is 23.7 Å². The molecule has 1 aliphatic rings. The fourth-order valence-corrected chi connectivity index (χ4v) is 2.55. The summed E-state index contributed by atoms with van der Waals surface area (Å²) in [6.07, 6.45) is 0.448. The van der Waals surface area contributed by atoms with Crippen LogP contribution in [0.15, 0.2) is 24.3 Å². The van der Waals surface area contributed by atoms with Gasteiger partial charge < -0.3 is 9.64 Å². The van der Waals surface area contributed by atoms with Crippen molar-refractivity contribution in [1.29, 1.82) is 0 Å². The number of amides is 1. The molecule has 2 heterocycles. The van der Waals surface area contributed by atoms with Gasteiger partial charge in [-0.3, -0.25) is 5.10 Å². The maximum Gasteiger partial charge on any atom is 0.409 e. The fraction of sp³-hybridized carbons (Fsp3) is 0.286. The number of aromatic nitrogens is 2. The summed E-state index contributed by atoms with van der Waals surface area (Å²) in [5.41, 5.74) is 3.97. The first kappa shape index (κ1) is 13.0. The molecule has 1 aromatic carbocycles. The van der Waals surface area contributed by atoms with E-state index in [1.807, 2.05) is 24.3 Å². The van der Waals surface area contributed by atoms with E-state index in [1.54, 1.807) is 4.90 Å². The second kappa shape index (κ2) is 5.17. The van der Waals surface area contributed by atoms with Crippen LogP contribution < -0.4 is 0 Å². The highest BCUT2D eigenvalue weighted by molar-refractivity contribution is 6.30. The molecule has 1 amide bonds. The van der Waals surface area contributed by atoms with Gasteiger partial charge in [0.15, 0.2) is 0 Å². The Morgan fingerprint density at radius 2 is 2.15 bits per heavy atom. The van der Waals surface area contributed by atoms with E-state index in [9.17, 15) is 4.79 Å². The Hall–Kier alpha value is -2.01. The highest BCUT2D eigenvalue weighted by atomic mass is 35.5. The zero-order valence-corrected chi connectivity index (χ0v) is 11.8. The molecule has 0 fully saturated rings. The van der Waals surface area contributed by atoms with Crippen LogP contribution in [0.3, 0.4) is 0 Å². The molecule has 0 unspecified atom stereocenters. The quantitative estimate of drug-likeness (QED) is 0.879. The van der Waals surface area contributed by atoms with Crippen molar-refractivity contribution >= 4 is 17.7 Å². The molecule has 0 saturated carbocycles. The molecule has 2 aromatic rings. The number of hydrogen-bond donors (Lipinski definition) is 1. The SMILES string of the molecule is COC(=O)N1CCc2[nH]nc(-c3ccc(Cl)cc3)c2C1. The molecule has 20 heavy (non-hydrogen) atoms. The van der Waals surface area contributed by atoms with Crippen LogP contribution in [0.5, 0.6) is 0 Å². The predicted octanol–water partition coefficient (Wildman–Crippen LogP) is 2.85. The topological polar surface area (TPSA) is 58.2 Å². The summed E-state index contributed by atoms with van der Waals surface area (Å²) in [7, 11) is 1.40. The molecule has 1 N–H and O–H groups in total. The monoisotopic (exact) mass is 291 g/mol. The maximum absolute atomic E-state index is 11.6. The van der Waals surface area contributed by atoms with Crippen LogP contribution in [0.1, 0.15) is 11.3 Å². The van der Waals surface area contributed by atoms with Gasteiger partial charge in [0.25, 0.3) is 0 Å². The normalized spacial score (nSPS) is 14.0. The first-order valence-corrected chi connectivity index (χ1v) is 6.72. The van der Waals surface area contributed by atoms with Crippen LogP contribution >= 0.6 is 11.6 Å². The van der Waals surface area contributed by atoms with E-state index < -0.39 is 0 Å². The van der Waals surface area contributed by atoms with Gasteiger partial charge in [0.05, 0.1) is 19.3 Å². The van der Waals surface area contributed by atoms with Crippen molar-refractivity contribution in [2.24, 2.45) is 0 Å². The third kappa shape index (κ3) is 2.25. The summed E-state index contributed by atoms with van der Waals surface area (Å²) in [6.45, 7) is 1.15. The van der Waals surface area contributed by atoms with E-state index in [-0.39, 0.29) is 6.09 Å². The Labute approximate surface area is 121 Å². The van der Waals surface area contributed by atoms with Crippen LogP contribution in [0.4, 0.5) is 4.79 Å². The molecular weight excluding hydrogens is 278 g/mol. The Kier molecular flexibility index (Phi) is 3.36. The fourth-order valence-electron chi connectivity index (χ4n) is 2.43. The number of carbonyl (C=O) groups is 1. The molecule has 1 aliphatic heterocycles. The van der Waals surface area contributed by atoms with E-state index >= 15 is 0 Å². The van der Waals surface area contributed by atoms with Gasteiger partial charge in [-0.2, -0.15) is 5.10 Å². The summed E-state index contributed by atoms with van der Waals surface area (Å²) in [5, 5.41) is 8.11. The number of fused-ring (bicyclic) bond motifs is 1. The number of H-pyrrole nitrogens is 1. The summed E-state index contributed by atoms with van der Waals surface area (Å²) >= 11 is 5.90. The molecule has 0 atom stereocenters. The number of methoxy groups -OCH3 is 1. The smallest absolute Gasteiger partial charge is 0.409 e. The second-order valence-corrected chi connectivity index (χ2v) is 5.11. The van der Waals surface area contributed by atoms with Crippen LogP contribution in [-0.4, -0.2) is 34.8 Å². The standard InChI is InChI=1S/C14H14ClN3O2/c1-20-14(19)18-7-6-12-11(8-18)13(17-16-12)9-2-4-10(15)5-3-9/h2-5H,6-8H2,1H3,(H,16,17). The molecule has 6 heteroatoms. The average molecular weight is 292 g/mol. The molecule has 1 aromatic heterocycles. The predicted molar refractivity (Wildman–Crippen MR) is 75.6 cm³/mol. The van der Waals surface area contributed by atoms with Gasteiger partial charge in [-0.15, -0.1) is 0 Å². The number of ether oxygens (including phenoxy) is 1. The van der Waals surface area contributed by atoms with Gasteiger partial charge >= 0.3 is 6.09 Å². The van der Waals surface area contributed by atoms with Gasteiger partial charge in [-0.05, 0) is 12.1 Å². The summed E-state index contributed by atoms with van der Waals surface area (Å²) < 4.78 is 4.78. The number of hydrogen-bond acceptors (Lipinski definition) is 3. The molecule has 104 valence electrons. The lowest BCUT2D eigenvalue weighted by molar-refractivity contribution is 0.118. The third-order valence-electron chi connectivity index (χ3n) is 3.48. The van der Waals surface area contributed by atoms with Crippen molar-refractivity contribution in [1.82, 2.24) is 15.1 Å². The van der Waals surface area contributed by atoms with Crippen molar-refractivity contribution in [3.63, 3.8) is 0 Å². The first-order valence-electron chi connectivity index (χ1n) is 6.34. The minimum atomic E-state index is -0.307. The maximum atomic E-state index is 11.6. The molecular formula is C14H14ClN3O2. The molecule has 5 nitrogen and oxygen atoms in total. The number of nitrogens with one attached hydrogen (secondary N) is 1. The average Bonchev–Trinajstić information content (AvgIpc) is 2.90. The minimum absolute atomic E-state index is 0.307. The highest BCUT2D eigenvalue weighted by Gasteiger charge is 2.25. The second-order valence-electron chi connectivity index (χ2n) is 4.68. The Bertz CT molecular complexity index is 636. The summed E-state index contributed by atoms with van der Waals surface area (Å²) in [6, 6.07) is 7.52. The van der Waals surface area contributed by atoms with Crippen molar-refractivity contribution in [2.45, 2.75) is 13.0 Å². The largest absolute Gasteiger partial charge is 0.453 e. The molecule has 0 aliphatic carbocycles. The van der Waals surface area contributed by atoms with Gasteiger partial charge in [-0.25, -0.2) is 4.79 Å². The van der Waals surface area contributed by atoms with Gasteiger partial charge in [0.2, 0.25) is 0 Å². The van der Waals surface area contributed by atoms with Gasteiger partial charge in [0.1, 0.15) is 0 Å². The van der Waals surface area contributed by atoms with Crippen molar-refractivity contribution in [3.05, 3.63) is 40.5 Å². The molecule has 0 saturated heterocycles. The number of benzene rings is 1. The summed E-state index contributed by atoms with van der Waals surface area (Å²) in [5.74, 6) is 0. The van der Waals surface area contributed by atoms with E-state index in [0.29, 0.717) is 18.1 Å². The number of rotatable bonds is 1. The lowest BCUT2D eigenvalue weighted by Gasteiger charge is -2.25.